The average Bonchev–Trinajstić information content (AvgIpc) is 2.86. The number of H-pyrrole nitrogens is 1. The number of hydrogen-bond donors (Lipinski definition) is 2. The van der Waals surface area contributed by atoms with E-state index in [1.807, 2.05) is 0 Å². The Kier molecular flexibility index (Phi) is 5.21. The minimum absolute atomic E-state index is 0.755. The van der Waals surface area contributed by atoms with Gasteiger partial charge in [0, 0.05) is 24.6 Å². The van der Waals surface area contributed by atoms with Crippen LogP contribution in [0.5, 0.6) is 0 Å². The van der Waals surface area contributed by atoms with Crippen LogP contribution in [0.1, 0.15) is 18.4 Å². The van der Waals surface area contributed by atoms with Crippen molar-refractivity contribution in [3.63, 3.8) is 0 Å². The summed E-state index contributed by atoms with van der Waals surface area (Å²) in [6.07, 6.45) is 3.23. The van der Waals surface area contributed by atoms with Gasteiger partial charge < -0.3 is 10.7 Å². The molecular weight excluding hydrogens is 451 g/mol. The first-order valence-electron chi connectivity index (χ1n) is 7.45. The molecule has 3 aromatic rings. The topological polar surface area (TPSA) is 41.8 Å². The maximum absolute atomic E-state index is 5.65. The third-order valence-electron chi connectivity index (χ3n) is 3.88. The zero-order valence-electron chi connectivity index (χ0n) is 12.2. The first kappa shape index (κ1) is 16.0. The minimum Gasteiger partial charge on any atom is -0.354 e. The van der Waals surface area contributed by atoms with Crippen LogP contribution in [0.25, 0.3) is 22.2 Å². The van der Waals surface area contributed by atoms with Crippen molar-refractivity contribution in [2.75, 3.05) is 6.54 Å². The first-order chi connectivity index (χ1) is 10.7. The third-order valence-corrected chi connectivity index (χ3v) is 5.09. The van der Waals surface area contributed by atoms with E-state index >= 15 is 0 Å². The summed E-state index contributed by atoms with van der Waals surface area (Å²) < 4.78 is 2.37. The van der Waals surface area contributed by atoms with Crippen LogP contribution in [0.15, 0.2) is 46.9 Å². The van der Waals surface area contributed by atoms with Gasteiger partial charge in [-0.05, 0) is 89.9 Å². The Labute approximate surface area is 152 Å². The van der Waals surface area contributed by atoms with Crippen molar-refractivity contribution in [3.8, 4) is 11.3 Å². The van der Waals surface area contributed by atoms with E-state index < -0.39 is 0 Å². The Hall–Kier alpha value is -0.850. The van der Waals surface area contributed by atoms with Crippen molar-refractivity contribution >= 4 is 49.4 Å². The number of nitrogens with one attached hydrogen (secondary N) is 1. The highest BCUT2D eigenvalue weighted by Crippen LogP contribution is 2.33. The molecule has 0 spiro atoms. The molecule has 0 amide bonds. The molecule has 114 valence electrons. The summed E-state index contributed by atoms with van der Waals surface area (Å²) in [6, 6.07) is 15.1. The predicted octanol–water partition coefficient (Wildman–Crippen LogP) is 5.48. The zero-order chi connectivity index (χ0) is 15.5. The minimum atomic E-state index is 0.755. The summed E-state index contributed by atoms with van der Waals surface area (Å²) in [7, 11) is 0. The van der Waals surface area contributed by atoms with Crippen LogP contribution in [0.2, 0.25) is 0 Å². The molecule has 1 aromatic heterocycles. The quantitative estimate of drug-likeness (QED) is 0.377. The van der Waals surface area contributed by atoms with E-state index in [2.05, 4.69) is 86.0 Å². The highest BCUT2D eigenvalue weighted by atomic mass is 127. The van der Waals surface area contributed by atoms with Gasteiger partial charge in [-0.3, -0.25) is 0 Å². The molecule has 0 unspecified atom stereocenters. The molecule has 0 aliphatic rings. The zero-order valence-corrected chi connectivity index (χ0v) is 15.9. The molecule has 0 bridgehead atoms. The molecular formula is C18H18BrIN2. The Morgan fingerprint density at radius 3 is 2.55 bits per heavy atom. The van der Waals surface area contributed by atoms with Gasteiger partial charge in [0.05, 0.1) is 0 Å². The highest BCUT2D eigenvalue weighted by Gasteiger charge is 2.13. The van der Waals surface area contributed by atoms with Crippen LogP contribution in [0.4, 0.5) is 0 Å². The lowest BCUT2D eigenvalue weighted by Gasteiger charge is -2.05. The molecule has 3 rings (SSSR count). The smallest absolute Gasteiger partial charge is 0.0497 e. The molecule has 2 aromatic carbocycles. The van der Waals surface area contributed by atoms with Crippen molar-refractivity contribution in [3.05, 3.63) is 56.1 Å². The normalized spacial score (nSPS) is 11.2. The molecule has 22 heavy (non-hydrogen) atoms. The first-order valence-corrected chi connectivity index (χ1v) is 9.32. The largest absolute Gasteiger partial charge is 0.354 e. The van der Waals surface area contributed by atoms with Gasteiger partial charge >= 0.3 is 0 Å². The molecule has 0 saturated carbocycles. The van der Waals surface area contributed by atoms with E-state index in [9.17, 15) is 0 Å². The lowest BCUT2D eigenvalue weighted by Crippen LogP contribution is -1.99. The molecule has 0 atom stereocenters. The van der Waals surface area contributed by atoms with E-state index in [0.717, 1.165) is 30.3 Å². The maximum atomic E-state index is 5.65. The van der Waals surface area contributed by atoms with Gasteiger partial charge in [-0.2, -0.15) is 0 Å². The fourth-order valence-electron chi connectivity index (χ4n) is 2.79. The van der Waals surface area contributed by atoms with Crippen molar-refractivity contribution in [2.45, 2.75) is 19.3 Å². The summed E-state index contributed by atoms with van der Waals surface area (Å²) in [5.41, 5.74) is 10.7. The molecule has 0 aliphatic heterocycles. The predicted molar refractivity (Wildman–Crippen MR) is 106 cm³/mol. The molecule has 0 saturated heterocycles. The maximum Gasteiger partial charge on any atom is 0.0497 e. The Bertz CT molecular complexity index is 778. The Morgan fingerprint density at radius 1 is 1.05 bits per heavy atom. The second-order valence-corrected chi connectivity index (χ2v) is 7.58. The van der Waals surface area contributed by atoms with Gasteiger partial charge in [0.25, 0.3) is 0 Å². The van der Waals surface area contributed by atoms with E-state index in [4.69, 9.17) is 5.73 Å². The van der Waals surface area contributed by atoms with E-state index in [1.165, 1.54) is 31.3 Å². The molecule has 3 N–H and O–H groups in total. The number of aryl methyl sites for hydroxylation is 1. The van der Waals surface area contributed by atoms with Gasteiger partial charge in [0.2, 0.25) is 0 Å². The van der Waals surface area contributed by atoms with Crippen molar-refractivity contribution < 1.29 is 0 Å². The lowest BCUT2D eigenvalue weighted by atomic mass is 10.0. The number of unbranched alkanes of at least 4 members (excludes halogenated alkanes) is 1. The number of halogens is 2. The Morgan fingerprint density at radius 2 is 1.82 bits per heavy atom. The van der Waals surface area contributed by atoms with Crippen LogP contribution < -0.4 is 5.73 Å². The SMILES string of the molecule is NCCCCc1c(-c2ccc(I)cc2)[nH]c2ccc(Br)cc12. The third kappa shape index (κ3) is 3.39. The van der Waals surface area contributed by atoms with Gasteiger partial charge in [-0.25, -0.2) is 0 Å². The van der Waals surface area contributed by atoms with Crippen molar-refractivity contribution in [1.29, 1.82) is 0 Å². The second kappa shape index (κ2) is 7.15. The molecule has 0 radical (unpaired) electrons. The molecule has 0 fully saturated rings. The monoisotopic (exact) mass is 468 g/mol. The fraction of sp³-hybridized carbons (Fsp3) is 0.222. The van der Waals surface area contributed by atoms with Crippen LogP contribution >= 0.6 is 38.5 Å². The van der Waals surface area contributed by atoms with Crippen LogP contribution in [0, 0.1) is 3.57 Å². The van der Waals surface area contributed by atoms with Gasteiger partial charge in [0.1, 0.15) is 0 Å². The van der Waals surface area contributed by atoms with E-state index in [0.29, 0.717) is 0 Å². The number of aromatic nitrogens is 1. The summed E-state index contributed by atoms with van der Waals surface area (Å²) >= 11 is 5.93. The number of fused-ring (bicyclic) bond motifs is 1. The van der Waals surface area contributed by atoms with Crippen LogP contribution in [-0.4, -0.2) is 11.5 Å². The summed E-state index contributed by atoms with van der Waals surface area (Å²) in [4.78, 5) is 3.60. The van der Waals surface area contributed by atoms with Crippen molar-refractivity contribution in [1.82, 2.24) is 4.98 Å². The standard InChI is InChI=1S/C18H18BrIN2/c19-13-6-9-17-16(11-13)15(3-1-2-10-21)18(22-17)12-4-7-14(20)8-5-12/h4-9,11,22H,1-3,10,21H2. The van der Waals surface area contributed by atoms with Crippen LogP contribution in [0.3, 0.4) is 0 Å². The van der Waals surface area contributed by atoms with Crippen molar-refractivity contribution in [2.24, 2.45) is 5.73 Å². The van der Waals surface area contributed by atoms with Crippen LogP contribution in [-0.2, 0) is 6.42 Å². The lowest BCUT2D eigenvalue weighted by molar-refractivity contribution is 0.748. The number of nitrogens with two attached hydrogens (primary N) is 1. The number of benzene rings is 2. The summed E-state index contributed by atoms with van der Waals surface area (Å²) in [6.45, 7) is 0.755. The fourth-order valence-corrected chi connectivity index (χ4v) is 3.51. The molecule has 4 heteroatoms. The van der Waals surface area contributed by atoms with E-state index in [-0.39, 0.29) is 0 Å². The Balaban J connectivity index is 2.10. The highest BCUT2D eigenvalue weighted by molar-refractivity contribution is 14.1. The van der Waals surface area contributed by atoms with Gasteiger partial charge in [-0.1, -0.05) is 28.1 Å². The second-order valence-electron chi connectivity index (χ2n) is 5.42. The summed E-state index contributed by atoms with van der Waals surface area (Å²) in [5.74, 6) is 0. The number of hydrogen-bond acceptors (Lipinski definition) is 1. The van der Waals surface area contributed by atoms with E-state index in [1.54, 1.807) is 0 Å². The summed E-state index contributed by atoms with van der Waals surface area (Å²) in [5, 5.41) is 1.31. The molecule has 1 heterocycles. The van der Waals surface area contributed by atoms with Gasteiger partial charge in [0.15, 0.2) is 0 Å². The number of aromatic amines is 1. The molecule has 0 aliphatic carbocycles. The number of rotatable bonds is 5. The molecule has 2 nitrogen and oxygen atoms in total. The average molecular weight is 469 g/mol. The van der Waals surface area contributed by atoms with Gasteiger partial charge in [-0.15, -0.1) is 0 Å².